The van der Waals surface area contributed by atoms with Crippen molar-refractivity contribution in [1.29, 1.82) is 0 Å². The molecule has 0 saturated carbocycles. The summed E-state index contributed by atoms with van der Waals surface area (Å²) in [5.41, 5.74) is 3.46. The van der Waals surface area contributed by atoms with Gasteiger partial charge >= 0.3 is 0 Å². The molecule has 3 heterocycles. The molecule has 1 aliphatic rings. The number of hydrogen-bond donors (Lipinski definition) is 1. The largest absolute Gasteiger partial charge is 0.369 e. The van der Waals surface area contributed by atoms with E-state index in [2.05, 4.69) is 18.1 Å². The molecular formula is C24H21ClN4OS. The second-order valence-electron chi connectivity index (χ2n) is 7.40. The summed E-state index contributed by atoms with van der Waals surface area (Å²) < 4.78 is 1.79. The first kappa shape index (κ1) is 20.1. The highest BCUT2D eigenvalue weighted by Gasteiger charge is 2.26. The normalized spacial score (nSPS) is 15.8. The van der Waals surface area contributed by atoms with Crippen LogP contribution in [0.3, 0.4) is 0 Å². The van der Waals surface area contributed by atoms with E-state index in [0.29, 0.717) is 5.02 Å². The van der Waals surface area contributed by atoms with Gasteiger partial charge in [0.15, 0.2) is 6.23 Å². The molecule has 0 fully saturated rings. The van der Waals surface area contributed by atoms with Crippen LogP contribution < -0.4 is 15.5 Å². The van der Waals surface area contributed by atoms with Gasteiger partial charge in [-0.3, -0.25) is 4.68 Å². The van der Waals surface area contributed by atoms with Crippen molar-refractivity contribution < 1.29 is 5.11 Å². The molecule has 5 rings (SSSR count). The van der Waals surface area contributed by atoms with Gasteiger partial charge in [0.2, 0.25) is 0 Å². The number of fused-ring (bicyclic) bond motifs is 2. The molecule has 0 radical (unpaired) electrons. The maximum Gasteiger partial charge on any atom is 0.159 e. The van der Waals surface area contributed by atoms with Gasteiger partial charge in [-0.2, -0.15) is 5.10 Å². The molecule has 2 aromatic heterocycles. The van der Waals surface area contributed by atoms with Crippen LogP contribution in [0.1, 0.15) is 12.5 Å². The van der Waals surface area contributed by atoms with E-state index in [1.165, 1.54) is 0 Å². The van der Waals surface area contributed by atoms with Gasteiger partial charge in [-0.15, -0.1) is 11.8 Å². The number of halogens is 1. The lowest BCUT2D eigenvalue weighted by molar-refractivity contribution is 0.239. The van der Waals surface area contributed by atoms with Crippen molar-refractivity contribution >= 4 is 51.7 Å². The lowest BCUT2D eigenvalue weighted by Gasteiger charge is -2.31. The zero-order valence-corrected chi connectivity index (χ0v) is 18.7. The number of thioether (sulfide) groups is 1. The first-order valence-corrected chi connectivity index (χ1v) is 11.4. The summed E-state index contributed by atoms with van der Waals surface area (Å²) in [6.45, 7) is 2.10. The molecule has 2 aromatic carbocycles. The average molecular weight is 449 g/mol. The Bertz CT molecular complexity index is 1400. The van der Waals surface area contributed by atoms with Crippen LogP contribution in [-0.2, 0) is 7.05 Å². The highest BCUT2D eigenvalue weighted by Crippen LogP contribution is 2.29. The van der Waals surface area contributed by atoms with Gasteiger partial charge in [-0.1, -0.05) is 30.7 Å². The summed E-state index contributed by atoms with van der Waals surface area (Å²) in [5, 5.41) is 20.3. The molecule has 0 saturated heterocycles. The Kier molecular flexibility index (Phi) is 5.22. The van der Waals surface area contributed by atoms with Crippen molar-refractivity contribution in [3.05, 3.63) is 81.9 Å². The number of nitrogens with zero attached hydrogens (tertiary/aromatic N) is 4. The van der Waals surface area contributed by atoms with Gasteiger partial charge in [0.25, 0.3) is 0 Å². The van der Waals surface area contributed by atoms with Crippen molar-refractivity contribution in [3.63, 3.8) is 0 Å². The third kappa shape index (κ3) is 3.71. The van der Waals surface area contributed by atoms with E-state index >= 15 is 0 Å². The zero-order valence-electron chi connectivity index (χ0n) is 17.2. The van der Waals surface area contributed by atoms with Gasteiger partial charge < -0.3 is 10.0 Å². The molecule has 0 amide bonds. The summed E-state index contributed by atoms with van der Waals surface area (Å²) in [4.78, 5) is 6.76. The Morgan fingerprint density at radius 1 is 1.10 bits per heavy atom. The van der Waals surface area contributed by atoms with Crippen LogP contribution in [0.15, 0.2) is 65.8 Å². The number of benzene rings is 2. The second-order valence-corrected chi connectivity index (χ2v) is 9.12. The third-order valence-electron chi connectivity index (χ3n) is 5.30. The molecule has 31 heavy (non-hydrogen) atoms. The van der Waals surface area contributed by atoms with Crippen LogP contribution in [0, 0.1) is 0 Å². The summed E-state index contributed by atoms with van der Waals surface area (Å²) in [6, 6.07) is 17.6. The number of pyridine rings is 1. The number of aryl methyl sites for hydroxylation is 1. The summed E-state index contributed by atoms with van der Waals surface area (Å²) >= 11 is 7.81. The predicted octanol–water partition coefficient (Wildman–Crippen LogP) is 3.51. The fraction of sp³-hybridized carbons (Fsp3) is 0.167. The minimum atomic E-state index is -0.892. The van der Waals surface area contributed by atoms with Crippen LogP contribution in [0.2, 0.25) is 5.02 Å². The number of aliphatic hydroxyl groups is 1. The topological polar surface area (TPSA) is 54.2 Å². The van der Waals surface area contributed by atoms with Crippen LogP contribution in [0.25, 0.3) is 22.7 Å². The lowest BCUT2D eigenvalue weighted by atomic mass is 9.99. The molecule has 1 unspecified atom stereocenters. The highest BCUT2D eigenvalue weighted by atomic mass is 35.5. The number of rotatable bonds is 4. The Morgan fingerprint density at radius 2 is 1.90 bits per heavy atom. The highest BCUT2D eigenvalue weighted by molar-refractivity contribution is 7.99. The van der Waals surface area contributed by atoms with E-state index in [9.17, 15) is 5.11 Å². The first-order chi connectivity index (χ1) is 15.0. The van der Waals surface area contributed by atoms with E-state index in [4.69, 9.17) is 16.6 Å². The molecule has 1 aliphatic heterocycles. The second kappa shape index (κ2) is 8.04. The molecule has 1 N–H and O–H groups in total. The van der Waals surface area contributed by atoms with Crippen molar-refractivity contribution in [2.45, 2.75) is 18.2 Å². The number of aliphatic hydroxyl groups excluding tert-OH is 1. The predicted molar refractivity (Wildman–Crippen MR) is 128 cm³/mol. The molecule has 7 heteroatoms. The summed E-state index contributed by atoms with van der Waals surface area (Å²) in [7, 11) is 1.90. The Morgan fingerprint density at radius 3 is 2.68 bits per heavy atom. The number of anilines is 1. The Balaban J connectivity index is 1.72. The Hall–Kier alpha value is -2.80. The van der Waals surface area contributed by atoms with Crippen LogP contribution in [0.5, 0.6) is 0 Å². The number of hydrogen-bond acceptors (Lipinski definition) is 5. The SMILES string of the molecule is CCSc1ccc2c(n1)=C(c1ccc(Cl)cc1)C(O)N(c1ccc3nn(C)cc3c1)C=2. The molecular weight excluding hydrogens is 428 g/mol. The lowest BCUT2D eigenvalue weighted by Crippen LogP contribution is -2.47. The average Bonchev–Trinajstić information content (AvgIpc) is 3.14. The number of aromatic nitrogens is 3. The molecule has 4 aromatic rings. The zero-order chi connectivity index (χ0) is 21.5. The Labute approximate surface area is 189 Å². The van der Waals surface area contributed by atoms with Crippen molar-refractivity contribution in [2.24, 2.45) is 7.05 Å². The van der Waals surface area contributed by atoms with Crippen LogP contribution in [-0.4, -0.2) is 31.9 Å². The summed E-state index contributed by atoms with van der Waals surface area (Å²) in [5.74, 6) is 0.936. The van der Waals surface area contributed by atoms with E-state index in [1.807, 2.05) is 72.9 Å². The van der Waals surface area contributed by atoms with Gasteiger partial charge in [-0.25, -0.2) is 4.98 Å². The van der Waals surface area contributed by atoms with Gasteiger partial charge in [-0.05, 0) is 53.8 Å². The van der Waals surface area contributed by atoms with E-state index in [0.717, 1.165) is 49.1 Å². The van der Waals surface area contributed by atoms with Crippen molar-refractivity contribution in [3.8, 4) is 0 Å². The fourth-order valence-electron chi connectivity index (χ4n) is 3.91. The minimum Gasteiger partial charge on any atom is -0.369 e. The fourth-order valence-corrected chi connectivity index (χ4v) is 4.65. The molecule has 1 atom stereocenters. The van der Waals surface area contributed by atoms with Gasteiger partial charge in [0.1, 0.15) is 0 Å². The van der Waals surface area contributed by atoms with E-state index in [1.54, 1.807) is 16.4 Å². The smallest absolute Gasteiger partial charge is 0.159 e. The summed E-state index contributed by atoms with van der Waals surface area (Å²) in [6.07, 6.45) is 3.05. The van der Waals surface area contributed by atoms with Gasteiger partial charge in [0.05, 0.1) is 15.9 Å². The van der Waals surface area contributed by atoms with Crippen molar-refractivity contribution in [1.82, 2.24) is 14.8 Å². The van der Waals surface area contributed by atoms with Crippen LogP contribution >= 0.6 is 23.4 Å². The maximum atomic E-state index is 11.5. The molecule has 0 spiro atoms. The first-order valence-electron chi connectivity index (χ1n) is 10.0. The van der Waals surface area contributed by atoms with Crippen molar-refractivity contribution in [2.75, 3.05) is 10.7 Å². The monoisotopic (exact) mass is 448 g/mol. The molecule has 156 valence electrons. The van der Waals surface area contributed by atoms with Crippen LogP contribution in [0.4, 0.5) is 5.69 Å². The standard InChI is InChI=1S/C24H21ClN4OS/c1-3-31-21-11-6-16-14-29(19-9-10-20-17(12-19)13-28(2)27-20)24(30)22(23(16)26-21)15-4-7-18(25)8-5-15/h4-14,24,30H,3H2,1-2H3. The third-order valence-corrected chi connectivity index (χ3v) is 6.37. The van der Waals surface area contributed by atoms with E-state index in [-0.39, 0.29) is 0 Å². The minimum absolute atomic E-state index is 0.656. The maximum absolute atomic E-state index is 11.5. The van der Waals surface area contributed by atoms with E-state index < -0.39 is 6.23 Å². The molecule has 0 aliphatic carbocycles. The van der Waals surface area contributed by atoms with Gasteiger partial charge in [0, 0.05) is 46.3 Å². The molecule has 0 bridgehead atoms. The quantitative estimate of drug-likeness (QED) is 0.484. The molecule has 5 nitrogen and oxygen atoms in total.